The van der Waals surface area contributed by atoms with Gasteiger partial charge >= 0.3 is 0 Å². The van der Waals surface area contributed by atoms with E-state index in [0.29, 0.717) is 19.7 Å². The summed E-state index contributed by atoms with van der Waals surface area (Å²) >= 11 is 0. The Labute approximate surface area is 119 Å². The van der Waals surface area contributed by atoms with Crippen LogP contribution in [0.3, 0.4) is 0 Å². The summed E-state index contributed by atoms with van der Waals surface area (Å²) in [6, 6.07) is 0. The zero-order valence-electron chi connectivity index (χ0n) is 12.6. The van der Waals surface area contributed by atoms with E-state index in [1.165, 1.54) is 0 Å². The summed E-state index contributed by atoms with van der Waals surface area (Å²) in [6.07, 6.45) is 1.32. The second kappa shape index (κ2) is 6.37. The smallest absolute Gasteiger partial charge is 0.252 e. The second-order valence-corrected chi connectivity index (χ2v) is 5.66. The quantitative estimate of drug-likeness (QED) is 0.827. The molecule has 1 aliphatic rings. The van der Waals surface area contributed by atoms with Gasteiger partial charge in [-0.3, -0.25) is 9.69 Å². The highest BCUT2D eigenvalue weighted by atomic mass is 16.5. The van der Waals surface area contributed by atoms with Gasteiger partial charge in [0, 0.05) is 39.6 Å². The van der Waals surface area contributed by atoms with E-state index in [1.54, 1.807) is 25.3 Å². The van der Waals surface area contributed by atoms with Crippen molar-refractivity contribution >= 4 is 5.91 Å². The number of ether oxygens (including phenoxy) is 1. The SMILES string of the molecule is CC(C)c1nc(CN2CCO[C@@H](C(=O)N(C)C)C2)co1. The van der Waals surface area contributed by atoms with E-state index in [0.717, 1.165) is 18.1 Å². The Balaban J connectivity index is 1.93. The van der Waals surface area contributed by atoms with Crippen LogP contribution in [0.4, 0.5) is 0 Å². The first-order valence-electron chi connectivity index (χ1n) is 6.96. The van der Waals surface area contributed by atoms with E-state index in [4.69, 9.17) is 9.15 Å². The lowest BCUT2D eigenvalue weighted by molar-refractivity contribution is -0.147. The van der Waals surface area contributed by atoms with Gasteiger partial charge in [-0.25, -0.2) is 4.98 Å². The van der Waals surface area contributed by atoms with Crippen molar-refractivity contribution in [3.63, 3.8) is 0 Å². The van der Waals surface area contributed by atoms with Gasteiger partial charge in [-0.1, -0.05) is 13.8 Å². The van der Waals surface area contributed by atoms with Crippen LogP contribution >= 0.6 is 0 Å². The molecule has 0 unspecified atom stereocenters. The van der Waals surface area contributed by atoms with Crippen LogP contribution in [0.2, 0.25) is 0 Å². The van der Waals surface area contributed by atoms with Gasteiger partial charge in [-0.15, -0.1) is 0 Å². The number of rotatable bonds is 4. The van der Waals surface area contributed by atoms with Gasteiger partial charge < -0.3 is 14.1 Å². The van der Waals surface area contributed by atoms with Crippen molar-refractivity contribution in [1.29, 1.82) is 0 Å². The Morgan fingerprint density at radius 1 is 1.55 bits per heavy atom. The zero-order valence-corrected chi connectivity index (χ0v) is 12.6. The lowest BCUT2D eigenvalue weighted by atomic mass is 10.2. The summed E-state index contributed by atoms with van der Waals surface area (Å²) in [5.74, 6) is 1.06. The molecule has 1 saturated heterocycles. The molecule has 1 fully saturated rings. The number of hydrogen-bond acceptors (Lipinski definition) is 5. The van der Waals surface area contributed by atoms with E-state index in [9.17, 15) is 4.79 Å². The highest BCUT2D eigenvalue weighted by molar-refractivity contribution is 5.80. The summed E-state index contributed by atoms with van der Waals surface area (Å²) in [5, 5.41) is 0. The van der Waals surface area contributed by atoms with Crippen LogP contribution < -0.4 is 0 Å². The third kappa shape index (κ3) is 3.58. The number of carbonyl (C=O) groups excluding carboxylic acids is 1. The molecule has 0 saturated carbocycles. The maximum atomic E-state index is 11.9. The highest BCUT2D eigenvalue weighted by Crippen LogP contribution is 2.16. The van der Waals surface area contributed by atoms with Gasteiger partial charge in [0.05, 0.1) is 12.3 Å². The number of hydrogen-bond donors (Lipinski definition) is 0. The van der Waals surface area contributed by atoms with Crippen molar-refractivity contribution in [3.05, 3.63) is 17.8 Å². The summed E-state index contributed by atoms with van der Waals surface area (Å²) in [7, 11) is 3.49. The Bertz CT molecular complexity index is 456. The van der Waals surface area contributed by atoms with E-state index in [1.807, 2.05) is 0 Å². The summed E-state index contributed by atoms with van der Waals surface area (Å²) in [4.78, 5) is 20.1. The molecule has 1 aliphatic heterocycles. The number of likely N-dealkylation sites (N-methyl/N-ethyl adjacent to an activating group) is 1. The van der Waals surface area contributed by atoms with E-state index in [2.05, 4.69) is 23.7 Å². The van der Waals surface area contributed by atoms with Crippen LogP contribution in [0.5, 0.6) is 0 Å². The number of oxazole rings is 1. The molecule has 1 amide bonds. The van der Waals surface area contributed by atoms with Gasteiger partial charge in [0.1, 0.15) is 12.4 Å². The normalized spacial score (nSPS) is 20.4. The van der Waals surface area contributed by atoms with Gasteiger partial charge in [0.25, 0.3) is 5.91 Å². The predicted molar refractivity (Wildman–Crippen MR) is 74.3 cm³/mol. The number of aromatic nitrogens is 1. The molecule has 20 heavy (non-hydrogen) atoms. The van der Waals surface area contributed by atoms with E-state index >= 15 is 0 Å². The Hall–Kier alpha value is -1.40. The molecule has 1 aromatic rings. The third-order valence-corrected chi connectivity index (χ3v) is 3.32. The fourth-order valence-corrected chi connectivity index (χ4v) is 2.17. The zero-order chi connectivity index (χ0) is 14.7. The number of nitrogens with zero attached hydrogens (tertiary/aromatic N) is 3. The molecule has 6 heteroatoms. The summed E-state index contributed by atoms with van der Waals surface area (Å²) in [5.41, 5.74) is 0.909. The van der Waals surface area contributed by atoms with Crippen LogP contribution in [-0.2, 0) is 16.1 Å². The summed E-state index contributed by atoms with van der Waals surface area (Å²) < 4.78 is 11.0. The minimum Gasteiger partial charge on any atom is -0.448 e. The van der Waals surface area contributed by atoms with Crippen molar-refractivity contribution in [2.24, 2.45) is 0 Å². The van der Waals surface area contributed by atoms with Crippen molar-refractivity contribution < 1.29 is 13.9 Å². The first-order valence-corrected chi connectivity index (χ1v) is 6.96. The molecule has 0 aromatic carbocycles. The fourth-order valence-electron chi connectivity index (χ4n) is 2.17. The molecule has 6 nitrogen and oxygen atoms in total. The molecule has 1 aromatic heterocycles. The Morgan fingerprint density at radius 2 is 2.30 bits per heavy atom. The minimum atomic E-state index is -0.379. The Kier molecular flexibility index (Phi) is 4.77. The topological polar surface area (TPSA) is 58.8 Å². The van der Waals surface area contributed by atoms with Crippen LogP contribution in [0.25, 0.3) is 0 Å². The number of amides is 1. The third-order valence-electron chi connectivity index (χ3n) is 3.32. The maximum absolute atomic E-state index is 11.9. The molecule has 2 rings (SSSR count). The molecular formula is C14H23N3O3. The van der Waals surface area contributed by atoms with Gasteiger partial charge in [-0.2, -0.15) is 0 Å². The maximum Gasteiger partial charge on any atom is 0.252 e. The van der Waals surface area contributed by atoms with E-state index < -0.39 is 0 Å². The van der Waals surface area contributed by atoms with Crippen LogP contribution in [-0.4, -0.2) is 60.6 Å². The first kappa shape index (κ1) is 15.0. The molecule has 0 aliphatic carbocycles. The van der Waals surface area contributed by atoms with Crippen LogP contribution in [0.1, 0.15) is 31.4 Å². The average molecular weight is 281 g/mol. The minimum absolute atomic E-state index is 0.0118. The first-order chi connectivity index (χ1) is 9.47. The van der Waals surface area contributed by atoms with Crippen molar-refractivity contribution in [2.45, 2.75) is 32.4 Å². The fraction of sp³-hybridized carbons (Fsp3) is 0.714. The number of morpholine rings is 1. The Morgan fingerprint density at radius 3 is 2.90 bits per heavy atom. The molecule has 1 atom stereocenters. The number of carbonyl (C=O) groups is 1. The van der Waals surface area contributed by atoms with Crippen molar-refractivity contribution in [3.8, 4) is 0 Å². The lowest BCUT2D eigenvalue weighted by Gasteiger charge is -2.32. The van der Waals surface area contributed by atoms with Crippen molar-refractivity contribution in [1.82, 2.24) is 14.8 Å². The largest absolute Gasteiger partial charge is 0.448 e. The van der Waals surface area contributed by atoms with Gasteiger partial charge in [0.15, 0.2) is 5.89 Å². The second-order valence-electron chi connectivity index (χ2n) is 5.66. The molecule has 112 valence electrons. The molecule has 0 bridgehead atoms. The van der Waals surface area contributed by atoms with E-state index in [-0.39, 0.29) is 17.9 Å². The monoisotopic (exact) mass is 281 g/mol. The molecule has 0 N–H and O–H groups in total. The summed E-state index contributed by atoms with van der Waals surface area (Å²) in [6.45, 7) is 6.77. The van der Waals surface area contributed by atoms with Gasteiger partial charge in [-0.05, 0) is 0 Å². The molecule has 0 radical (unpaired) electrons. The highest BCUT2D eigenvalue weighted by Gasteiger charge is 2.28. The van der Waals surface area contributed by atoms with Crippen molar-refractivity contribution in [2.75, 3.05) is 33.8 Å². The standard InChI is InChI=1S/C14H23N3O3/c1-10(2)13-15-11(9-20-13)7-17-5-6-19-12(8-17)14(18)16(3)4/h9-10,12H,5-8H2,1-4H3/t12-/m1/s1. The molecular weight excluding hydrogens is 258 g/mol. The molecule has 0 spiro atoms. The van der Waals surface area contributed by atoms with Gasteiger partial charge in [0.2, 0.25) is 0 Å². The predicted octanol–water partition coefficient (Wildman–Crippen LogP) is 1.09. The lowest BCUT2D eigenvalue weighted by Crippen LogP contribution is -2.49. The average Bonchev–Trinajstić information content (AvgIpc) is 2.86. The van der Waals surface area contributed by atoms with Crippen LogP contribution in [0.15, 0.2) is 10.7 Å². The molecule has 2 heterocycles. The van der Waals surface area contributed by atoms with Crippen LogP contribution in [0, 0.1) is 0 Å².